The minimum absolute atomic E-state index is 0.0518. The minimum atomic E-state index is 0.0518. The molecule has 0 unspecified atom stereocenters. The highest BCUT2D eigenvalue weighted by atomic mass is 16.3. The normalized spacial score (nSPS) is 15.4. The summed E-state index contributed by atoms with van der Waals surface area (Å²) >= 11 is 0. The molecule has 4 nitrogen and oxygen atoms in total. The summed E-state index contributed by atoms with van der Waals surface area (Å²) in [6.45, 7) is 6.21. The highest BCUT2D eigenvalue weighted by Crippen LogP contribution is 2.26. The number of nitrogens with zero attached hydrogens (tertiary/aromatic N) is 2. The van der Waals surface area contributed by atoms with Crippen LogP contribution >= 0.6 is 0 Å². The highest BCUT2D eigenvalue weighted by molar-refractivity contribution is 5.93. The lowest BCUT2D eigenvalue weighted by atomic mass is 10.1. The van der Waals surface area contributed by atoms with Crippen LogP contribution in [-0.4, -0.2) is 35.7 Å². The van der Waals surface area contributed by atoms with Crippen LogP contribution in [0.2, 0.25) is 0 Å². The Balaban J connectivity index is 2.23. The Kier molecular flexibility index (Phi) is 4.30. The zero-order chi connectivity index (χ0) is 13.8. The molecule has 1 aliphatic rings. The van der Waals surface area contributed by atoms with Gasteiger partial charge in [0.15, 0.2) is 0 Å². The summed E-state index contributed by atoms with van der Waals surface area (Å²) in [7, 11) is 0. The number of phenols is 1. The van der Waals surface area contributed by atoms with Gasteiger partial charge in [0.2, 0.25) is 0 Å². The van der Waals surface area contributed by atoms with Crippen LogP contribution in [0.5, 0.6) is 5.75 Å². The molecule has 1 fully saturated rings. The van der Waals surface area contributed by atoms with Crippen molar-refractivity contribution in [3.05, 3.63) is 23.8 Å². The zero-order valence-electron chi connectivity index (χ0n) is 11.7. The molecule has 0 bridgehead atoms. The molecule has 1 aromatic carbocycles. The molecule has 104 valence electrons. The van der Waals surface area contributed by atoms with Crippen molar-refractivity contribution in [2.24, 2.45) is 0 Å². The summed E-state index contributed by atoms with van der Waals surface area (Å²) in [6.07, 6.45) is 3.38. The van der Waals surface area contributed by atoms with E-state index in [2.05, 4.69) is 0 Å². The van der Waals surface area contributed by atoms with E-state index in [4.69, 9.17) is 0 Å². The minimum Gasteiger partial charge on any atom is -0.508 e. The monoisotopic (exact) mass is 262 g/mol. The van der Waals surface area contributed by atoms with Crippen LogP contribution in [-0.2, 0) is 0 Å². The molecule has 0 aliphatic carbocycles. The van der Waals surface area contributed by atoms with Gasteiger partial charge in [-0.25, -0.2) is 4.79 Å². The number of aromatic hydroxyl groups is 1. The Hall–Kier alpha value is -1.71. The molecule has 1 N–H and O–H groups in total. The lowest BCUT2D eigenvalue weighted by Gasteiger charge is -2.33. The van der Waals surface area contributed by atoms with E-state index in [1.807, 2.05) is 24.8 Å². The SMILES string of the molecule is CCN(C(=O)N1CCCCC1)c1cc(O)ccc1C. The maximum Gasteiger partial charge on any atom is 0.324 e. The third kappa shape index (κ3) is 3.00. The van der Waals surface area contributed by atoms with Crippen LogP contribution in [0, 0.1) is 6.92 Å². The summed E-state index contributed by atoms with van der Waals surface area (Å²) < 4.78 is 0. The first-order valence-electron chi connectivity index (χ1n) is 6.99. The molecule has 1 aliphatic heterocycles. The zero-order valence-corrected chi connectivity index (χ0v) is 11.7. The average Bonchev–Trinajstić information content (AvgIpc) is 2.44. The number of hydrogen-bond acceptors (Lipinski definition) is 2. The Morgan fingerprint density at radius 1 is 1.32 bits per heavy atom. The standard InChI is InChI=1S/C15H22N2O2/c1-3-17(14-11-13(18)8-7-12(14)2)15(19)16-9-5-4-6-10-16/h7-8,11,18H,3-6,9-10H2,1-2H3. The third-order valence-electron chi connectivity index (χ3n) is 3.66. The Labute approximate surface area is 114 Å². The Morgan fingerprint density at radius 3 is 2.63 bits per heavy atom. The second-order valence-electron chi connectivity index (χ2n) is 5.05. The highest BCUT2D eigenvalue weighted by Gasteiger charge is 2.23. The number of carbonyl (C=O) groups is 1. The molecule has 1 heterocycles. The number of anilines is 1. The fourth-order valence-electron chi connectivity index (χ4n) is 2.55. The first-order valence-corrected chi connectivity index (χ1v) is 6.99. The molecule has 0 radical (unpaired) electrons. The molecule has 0 aromatic heterocycles. The van der Waals surface area contributed by atoms with Crippen LogP contribution in [0.3, 0.4) is 0 Å². The average molecular weight is 262 g/mol. The van der Waals surface area contributed by atoms with Gasteiger partial charge in [-0.05, 0) is 44.7 Å². The van der Waals surface area contributed by atoms with Crippen LogP contribution in [0.15, 0.2) is 18.2 Å². The molecular weight excluding hydrogens is 240 g/mol. The second-order valence-corrected chi connectivity index (χ2v) is 5.05. The van der Waals surface area contributed by atoms with Crippen molar-refractivity contribution in [1.29, 1.82) is 0 Å². The number of urea groups is 1. The van der Waals surface area contributed by atoms with Crippen molar-refractivity contribution in [3.8, 4) is 5.75 Å². The number of benzene rings is 1. The molecule has 2 amide bonds. The van der Waals surface area contributed by atoms with E-state index in [0.717, 1.165) is 37.2 Å². The van der Waals surface area contributed by atoms with Crippen molar-refractivity contribution in [1.82, 2.24) is 4.90 Å². The fourth-order valence-corrected chi connectivity index (χ4v) is 2.55. The molecule has 0 saturated carbocycles. The van der Waals surface area contributed by atoms with Gasteiger partial charge in [0.25, 0.3) is 0 Å². The summed E-state index contributed by atoms with van der Waals surface area (Å²) in [5.74, 6) is 0.200. The number of carbonyl (C=O) groups excluding carboxylic acids is 1. The molecule has 1 aromatic rings. The first-order chi connectivity index (χ1) is 9.13. The van der Waals surface area contributed by atoms with E-state index < -0.39 is 0 Å². The Morgan fingerprint density at radius 2 is 2.00 bits per heavy atom. The lowest BCUT2D eigenvalue weighted by molar-refractivity contribution is 0.193. The van der Waals surface area contributed by atoms with E-state index in [1.54, 1.807) is 17.0 Å². The number of rotatable bonds is 2. The van der Waals surface area contributed by atoms with Gasteiger partial charge < -0.3 is 10.0 Å². The molecule has 1 saturated heterocycles. The first kappa shape index (κ1) is 13.7. The van der Waals surface area contributed by atoms with Crippen molar-refractivity contribution >= 4 is 11.7 Å². The number of phenolic OH excluding ortho intramolecular Hbond substituents is 1. The Bertz CT molecular complexity index is 453. The third-order valence-corrected chi connectivity index (χ3v) is 3.66. The molecule has 0 atom stereocenters. The number of likely N-dealkylation sites (tertiary alicyclic amines) is 1. The predicted molar refractivity (Wildman–Crippen MR) is 76.7 cm³/mol. The summed E-state index contributed by atoms with van der Waals surface area (Å²) in [5, 5.41) is 9.62. The smallest absolute Gasteiger partial charge is 0.324 e. The van der Waals surface area contributed by atoms with Crippen LogP contribution in [0.4, 0.5) is 10.5 Å². The molecule has 19 heavy (non-hydrogen) atoms. The number of amides is 2. The van der Waals surface area contributed by atoms with Crippen molar-refractivity contribution in [3.63, 3.8) is 0 Å². The van der Waals surface area contributed by atoms with Gasteiger partial charge >= 0.3 is 6.03 Å². The van der Waals surface area contributed by atoms with Crippen LogP contribution in [0.1, 0.15) is 31.7 Å². The maximum absolute atomic E-state index is 12.6. The van der Waals surface area contributed by atoms with Gasteiger partial charge in [0.1, 0.15) is 5.75 Å². The summed E-state index contributed by atoms with van der Waals surface area (Å²) in [5.41, 5.74) is 1.81. The second kappa shape index (κ2) is 5.95. The van der Waals surface area contributed by atoms with Crippen LogP contribution < -0.4 is 4.90 Å². The van der Waals surface area contributed by atoms with E-state index in [-0.39, 0.29) is 11.8 Å². The quantitative estimate of drug-likeness (QED) is 0.890. The van der Waals surface area contributed by atoms with Gasteiger partial charge in [-0.3, -0.25) is 4.90 Å². The van der Waals surface area contributed by atoms with Gasteiger partial charge in [-0.2, -0.15) is 0 Å². The molecule has 2 rings (SSSR count). The fraction of sp³-hybridized carbons (Fsp3) is 0.533. The summed E-state index contributed by atoms with van der Waals surface area (Å²) in [6, 6.07) is 5.21. The van der Waals surface area contributed by atoms with E-state index in [0.29, 0.717) is 6.54 Å². The molecular formula is C15H22N2O2. The van der Waals surface area contributed by atoms with Gasteiger partial charge in [-0.15, -0.1) is 0 Å². The number of aryl methyl sites for hydroxylation is 1. The maximum atomic E-state index is 12.6. The topological polar surface area (TPSA) is 43.8 Å². The lowest BCUT2D eigenvalue weighted by Crippen LogP contribution is -2.45. The van der Waals surface area contributed by atoms with E-state index in [9.17, 15) is 9.90 Å². The van der Waals surface area contributed by atoms with Gasteiger partial charge in [0.05, 0.1) is 5.69 Å². The van der Waals surface area contributed by atoms with E-state index >= 15 is 0 Å². The van der Waals surface area contributed by atoms with Gasteiger partial charge in [0, 0.05) is 25.7 Å². The van der Waals surface area contributed by atoms with Crippen molar-refractivity contribution in [2.75, 3.05) is 24.5 Å². The molecule has 0 spiro atoms. The number of piperidine rings is 1. The van der Waals surface area contributed by atoms with Crippen molar-refractivity contribution < 1.29 is 9.90 Å². The molecule has 4 heteroatoms. The largest absolute Gasteiger partial charge is 0.508 e. The summed E-state index contributed by atoms with van der Waals surface area (Å²) in [4.78, 5) is 16.2. The van der Waals surface area contributed by atoms with Crippen LogP contribution in [0.25, 0.3) is 0 Å². The van der Waals surface area contributed by atoms with Crippen molar-refractivity contribution in [2.45, 2.75) is 33.1 Å². The number of hydrogen-bond donors (Lipinski definition) is 1. The predicted octanol–water partition coefficient (Wildman–Crippen LogP) is 3.13. The van der Waals surface area contributed by atoms with Gasteiger partial charge in [-0.1, -0.05) is 6.07 Å². The van der Waals surface area contributed by atoms with E-state index in [1.165, 1.54) is 6.42 Å².